The molecule has 25 heavy (non-hydrogen) atoms. The molecule has 136 valence electrons. The molecule has 1 N–H and O–H groups in total. The normalized spacial score (nSPS) is 23.8. The average Bonchev–Trinajstić information content (AvgIpc) is 2.65. The van der Waals surface area contributed by atoms with Gasteiger partial charge in [0.05, 0.1) is 13.7 Å². The number of amides is 2. The van der Waals surface area contributed by atoms with Crippen LogP contribution in [0.25, 0.3) is 0 Å². The summed E-state index contributed by atoms with van der Waals surface area (Å²) in [5.41, 5.74) is 0.511. The van der Waals surface area contributed by atoms with E-state index in [1.54, 1.807) is 23.2 Å². The fourth-order valence-corrected chi connectivity index (χ4v) is 3.98. The van der Waals surface area contributed by atoms with Gasteiger partial charge in [0.1, 0.15) is 0 Å². The summed E-state index contributed by atoms with van der Waals surface area (Å²) in [7, 11) is 1.53. The number of nitrogens with zero attached hydrogens (tertiary/aromatic N) is 3. The first-order valence-electron chi connectivity index (χ1n) is 8.75. The van der Waals surface area contributed by atoms with Gasteiger partial charge in [-0.05, 0) is 25.3 Å². The number of ether oxygens (including phenoxy) is 1. The molecule has 3 heterocycles. The lowest BCUT2D eigenvalue weighted by Crippen LogP contribution is -2.55. The van der Waals surface area contributed by atoms with Gasteiger partial charge in [0.25, 0.3) is 5.91 Å². The number of aliphatic hydroxyl groups excluding tert-OH is 1. The van der Waals surface area contributed by atoms with E-state index in [0.717, 1.165) is 25.8 Å². The van der Waals surface area contributed by atoms with E-state index >= 15 is 0 Å². The average molecular weight is 347 g/mol. The number of hydrogen-bond donors (Lipinski definition) is 1. The van der Waals surface area contributed by atoms with E-state index in [9.17, 15) is 14.7 Å². The number of carbonyl (C=O) groups is 2. The first-order valence-corrected chi connectivity index (χ1v) is 8.75. The summed E-state index contributed by atoms with van der Waals surface area (Å²) in [5.74, 6) is 0.502. The minimum absolute atomic E-state index is 0.0228. The number of rotatable bonds is 4. The van der Waals surface area contributed by atoms with Gasteiger partial charge in [-0.15, -0.1) is 0 Å². The summed E-state index contributed by atoms with van der Waals surface area (Å²) in [6.07, 6.45) is 4.80. The molecule has 7 nitrogen and oxygen atoms in total. The third-order valence-electron chi connectivity index (χ3n) is 5.26. The van der Waals surface area contributed by atoms with Crippen LogP contribution < -0.4 is 4.74 Å². The van der Waals surface area contributed by atoms with Gasteiger partial charge in [0.2, 0.25) is 11.8 Å². The summed E-state index contributed by atoms with van der Waals surface area (Å²) >= 11 is 0. The maximum Gasteiger partial charge on any atom is 0.254 e. The lowest BCUT2D eigenvalue weighted by atomic mass is 9.73. The second kappa shape index (κ2) is 7.39. The maximum absolute atomic E-state index is 12.9. The molecule has 0 aromatic carbocycles. The molecule has 1 spiro atoms. The second-order valence-corrected chi connectivity index (χ2v) is 6.96. The van der Waals surface area contributed by atoms with Crippen LogP contribution in [0.4, 0.5) is 0 Å². The Labute approximate surface area is 147 Å². The first-order chi connectivity index (χ1) is 12.1. The van der Waals surface area contributed by atoms with Crippen molar-refractivity contribution >= 4 is 11.8 Å². The third kappa shape index (κ3) is 3.76. The van der Waals surface area contributed by atoms with Gasteiger partial charge in [0.15, 0.2) is 0 Å². The van der Waals surface area contributed by atoms with Gasteiger partial charge in [-0.25, -0.2) is 4.98 Å². The van der Waals surface area contributed by atoms with E-state index in [-0.39, 0.29) is 23.8 Å². The zero-order valence-electron chi connectivity index (χ0n) is 14.6. The van der Waals surface area contributed by atoms with Crippen molar-refractivity contribution in [2.24, 2.45) is 5.41 Å². The second-order valence-electron chi connectivity index (χ2n) is 6.96. The monoisotopic (exact) mass is 347 g/mol. The van der Waals surface area contributed by atoms with Crippen LogP contribution in [0, 0.1) is 5.41 Å². The van der Waals surface area contributed by atoms with Crippen molar-refractivity contribution in [1.82, 2.24) is 14.8 Å². The maximum atomic E-state index is 12.9. The molecule has 2 aliphatic heterocycles. The van der Waals surface area contributed by atoms with Crippen LogP contribution in [0.2, 0.25) is 0 Å². The Hall–Kier alpha value is -2.15. The molecule has 2 aliphatic rings. The largest absolute Gasteiger partial charge is 0.481 e. The Morgan fingerprint density at radius 2 is 2.24 bits per heavy atom. The predicted octanol–water partition coefficient (Wildman–Crippen LogP) is 0.927. The summed E-state index contributed by atoms with van der Waals surface area (Å²) in [4.78, 5) is 32.6. The quantitative estimate of drug-likeness (QED) is 0.876. The van der Waals surface area contributed by atoms with Gasteiger partial charge in [-0.2, -0.15) is 0 Å². The van der Waals surface area contributed by atoms with Gasteiger partial charge < -0.3 is 19.6 Å². The molecule has 2 amide bonds. The van der Waals surface area contributed by atoms with Gasteiger partial charge >= 0.3 is 0 Å². The molecule has 0 radical (unpaired) electrons. The standard InChI is InChI=1S/C18H25N3O4/c1-25-15-11-14(4-7-19-15)17(24)21-8-2-5-18(13-21)6-3-16(23)20(12-18)9-10-22/h4,7,11,22H,2-3,5-6,8-10,12-13H2,1H3. The van der Waals surface area contributed by atoms with Crippen LogP contribution in [0.3, 0.4) is 0 Å². The van der Waals surface area contributed by atoms with Crippen LogP contribution >= 0.6 is 0 Å². The molecule has 2 fully saturated rings. The first kappa shape index (κ1) is 17.7. The summed E-state index contributed by atoms with van der Waals surface area (Å²) in [5, 5.41) is 9.19. The minimum atomic E-state index is -0.0614. The predicted molar refractivity (Wildman–Crippen MR) is 91.3 cm³/mol. The van der Waals surface area contributed by atoms with E-state index in [1.165, 1.54) is 7.11 Å². The lowest BCUT2D eigenvalue weighted by Gasteiger charge is -2.48. The van der Waals surface area contributed by atoms with Gasteiger partial charge in [0, 0.05) is 55.8 Å². The molecule has 1 aromatic rings. The van der Waals surface area contributed by atoms with Crippen molar-refractivity contribution in [3.63, 3.8) is 0 Å². The lowest BCUT2D eigenvalue weighted by molar-refractivity contribution is -0.139. The molecule has 0 aliphatic carbocycles. The molecule has 1 unspecified atom stereocenters. The highest BCUT2D eigenvalue weighted by Crippen LogP contribution is 2.39. The van der Waals surface area contributed by atoms with Crippen molar-refractivity contribution in [2.45, 2.75) is 25.7 Å². The highest BCUT2D eigenvalue weighted by Gasteiger charge is 2.42. The molecule has 1 aromatic heterocycles. The number of β-amino-alcohol motifs (C(OH)–C–C–N with tert-alkyl or cyclic N) is 1. The van der Waals surface area contributed by atoms with Crippen LogP contribution in [-0.4, -0.2) is 71.6 Å². The Morgan fingerprint density at radius 3 is 3.00 bits per heavy atom. The van der Waals surface area contributed by atoms with E-state index in [4.69, 9.17) is 4.74 Å². The minimum Gasteiger partial charge on any atom is -0.481 e. The number of piperidine rings is 2. The number of likely N-dealkylation sites (tertiary alicyclic amines) is 2. The number of pyridine rings is 1. The number of methoxy groups -OCH3 is 1. The molecule has 3 rings (SSSR count). The Balaban J connectivity index is 1.74. The van der Waals surface area contributed by atoms with Crippen molar-refractivity contribution in [1.29, 1.82) is 0 Å². The topological polar surface area (TPSA) is 83.0 Å². The van der Waals surface area contributed by atoms with E-state index in [2.05, 4.69) is 4.98 Å². The van der Waals surface area contributed by atoms with Crippen LogP contribution in [0.15, 0.2) is 18.3 Å². The Bertz CT molecular complexity index is 651. The highest BCUT2D eigenvalue weighted by atomic mass is 16.5. The van der Waals surface area contributed by atoms with Crippen molar-refractivity contribution in [3.05, 3.63) is 23.9 Å². The molecule has 0 saturated carbocycles. The number of carbonyl (C=O) groups excluding carboxylic acids is 2. The Kier molecular flexibility index (Phi) is 5.22. The van der Waals surface area contributed by atoms with Crippen LogP contribution in [0.5, 0.6) is 5.88 Å². The Morgan fingerprint density at radius 1 is 1.40 bits per heavy atom. The van der Waals surface area contributed by atoms with E-state index in [0.29, 0.717) is 37.5 Å². The smallest absolute Gasteiger partial charge is 0.254 e. The zero-order valence-corrected chi connectivity index (χ0v) is 14.6. The van der Waals surface area contributed by atoms with Crippen molar-refractivity contribution in [3.8, 4) is 5.88 Å². The number of aliphatic hydroxyl groups is 1. The zero-order chi connectivity index (χ0) is 17.9. The molecule has 1 atom stereocenters. The molecule has 2 saturated heterocycles. The fourth-order valence-electron chi connectivity index (χ4n) is 3.98. The molecule has 0 bridgehead atoms. The van der Waals surface area contributed by atoms with Crippen LogP contribution in [0.1, 0.15) is 36.0 Å². The third-order valence-corrected chi connectivity index (χ3v) is 5.26. The van der Waals surface area contributed by atoms with E-state index < -0.39 is 0 Å². The highest BCUT2D eigenvalue weighted by molar-refractivity contribution is 5.94. The summed E-state index contributed by atoms with van der Waals surface area (Å²) in [6, 6.07) is 3.36. The molecule has 7 heteroatoms. The SMILES string of the molecule is COc1cc(C(=O)N2CCCC3(CCC(=O)N(CCO)C3)C2)ccn1. The molecular weight excluding hydrogens is 322 g/mol. The van der Waals surface area contributed by atoms with Gasteiger partial charge in [-0.1, -0.05) is 0 Å². The van der Waals surface area contributed by atoms with Crippen molar-refractivity contribution < 1.29 is 19.4 Å². The summed E-state index contributed by atoms with van der Waals surface area (Å²) < 4.78 is 5.11. The van der Waals surface area contributed by atoms with E-state index in [1.807, 2.05) is 4.90 Å². The van der Waals surface area contributed by atoms with Gasteiger partial charge in [-0.3, -0.25) is 9.59 Å². The fraction of sp³-hybridized carbons (Fsp3) is 0.611. The van der Waals surface area contributed by atoms with Crippen LogP contribution in [-0.2, 0) is 4.79 Å². The van der Waals surface area contributed by atoms with Crippen molar-refractivity contribution in [2.75, 3.05) is 39.9 Å². The number of aromatic nitrogens is 1. The summed E-state index contributed by atoms with van der Waals surface area (Å²) in [6.45, 7) is 2.33. The molecular formula is C18H25N3O4. The number of hydrogen-bond acceptors (Lipinski definition) is 5.